The normalized spacial score (nSPS) is 23.1. The summed E-state index contributed by atoms with van der Waals surface area (Å²) in [6, 6.07) is 11.4. The molecule has 1 heterocycles. The van der Waals surface area contributed by atoms with Crippen LogP contribution < -0.4 is 5.43 Å². The molecule has 1 aliphatic rings. The van der Waals surface area contributed by atoms with Gasteiger partial charge in [-0.2, -0.15) is 0 Å². The van der Waals surface area contributed by atoms with E-state index in [1.54, 1.807) is 0 Å². The van der Waals surface area contributed by atoms with Crippen molar-refractivity contribution in [1.82, 2.24) is 20.2 Å². The van der Waals surface area contributed by atoms with Crippen LogP contribution in [0.4, 0.5) is 0 Å². The Balaban J connectivity index is 2.05. The van der Waals surface area contributed by atoms with Crippen LogP contribution >= 0.6 is 0 Å². The second-order valence-corrected chi connectivity index (χ2v) is 10.4. The second kappa shape index (κ2) is 11.7. The number of nitrogens with one attached hydrogen (secondary N) is 1. The van der Waals surface area contributed by atoms with E-state index in [2.05, 4.69) is 73.4 Å². The summed E-state index contributed by atoms with van der Waals surface area (Å²) >= 11 is 0. The molecule has 0 saturated carbocycles. The van der Waals surface area contributed by atoms with Crippen molar-refractivity contribution >= 4 is 0 Å². The molecule has 0 aliphatic carbocycles. The molecule has 178 valence electrons. The van der Waals surface area contributed by atoms with Gasteiger partial charge in [0.2, 0.25) is 0 Å². The lowest BCUT2D eigenvalue weighted by molar-refractivity contribution is -0.0772. The zero-order chi connectivity index (χ0) is 23.2. The van der Waals surface area contributed by atoms with Crippen LogP contribution in [0, 0.1) is 5.92 Å². The first kappa shape index (κ1) is 26.2. The number of hydrogen-bond donors (Lipinski definition) is 3. The molecule has 0 radical (unpaired) electrons. The van der Waals surface area contributed by atoms with Crippen LogP contribution in [-0.2, 0) is 6.42 Å². The number of hydrazine groups is 1. The minimum Gasteiger partial charge on any atom is -0.393 e. The van der Waals surface area contributed by atoms with Gasteiger partial charge >= 0.3 is 0 Å². The number of nitrogens with zero attached hydrogens (tertiary/aromatic N) is 3. The van der Waals surface area contributed by atoms with Gasteiger partial charge in [-0.1, -0.05) is 44.2 Å². The molecule has 31 heavy (non-hydrogen) atoms. The van der Waals surface area contributed by atoms with E-state index < -0.39 is 5.60 Å². The molecule has 1 aliphatic heterocycles. The summed E-state index contributed by atoms with van der Waals surface area (Å²) in [6.07, 6.45) is 4.01. The fourth-order valence-corrected chi connectivity index (χ4v) is 5.14. The van der Waals surface area contributed by atoms with Crippen molar-refractivity contribution in [2.75, 3.05) is 27.2 Å². The smallest absolute Gasteiger partial charge is 0.106 e. The third kappa shape index (κ3) is 7.52. The second-order valence-electron chi connectivity index (χ2n) is 10.4. The van der Waals surface area contributed by atoms with Gasteiger partial charge in [0, 0.05) is 19.1 Å². The third-order valence-corrected chi connectivity index (χ3v) is 6.47. The number of aliphatic hydroxyl groups is 2. The molecule has 1 fully saturated rings. The molecular formula is C25H46N4O2. The minimum atomic E-state index is -0.908. The third-order valence-electron chi connectivity index (χ3n) is 6.47. The molecule has 4 atom stereocenters. The summed E-state index contributed by atoms with van der Waals surface area (Å²) in [4.78, 5) is 4.77. The summed E-state index contributed by atoms with van der Waals surface area (Å²) < 4.78 is 0. The average molecular weight is 435 g/mol. The fraction of sp³-hybridized carbons (Fsp3) is 0.760. The molecule has 0 bridgehead atoms. The first-order valence-corrected chi connectivity index (χ1v) is 11.9. The summed E-state index contributed by atoms with van der Waals surface area (Å²) in [5.41, 5.74) is 3.81. The molecule has 0 spiro atoms. The molecule has 1 saturated heterocycles. The highest BCUT2D eigenvalue weighted by Gasteiger charge is 2.47. The molecule has 3 N–H and O–H groups in total. The molecule has 6 heteroatoms. The number of hydrogen-bond acceptors (Lipinski definition) is 6. The van der Waals surface area contributed by atoms with Gasteiger partial charge in [0.1, 0.15) is 6.17 Å². The van der Waals surface area contributed by atoms with E-state index in [1.165, 1.54) is 5.56 Å². The van der Waals surface area contributed by atoms with Crippen molar-refractivity contribution in [3.63, 3.8) is 0 Å². The Morgan fingerprint density at radius 1 is 1.13 bits per heavy atom. The van der Waals surface area contributed by atoms with Gasteiger partial charge in [0.05, 0.1) is 18.4 Å². The maximum Gasteiger partial charge on any atom is 0.106 e. The maximum absolute atomic E-state index is 10.8. The van der Waals surface area contributed by atoms with E-state index in [0.29, 0.717) is 12.0 Å². The van der Waals surface area contributed by atoms with Crippen LogP contribution in [0.2, 0.25) is 0 Å². The largest absolute Gasteiger partial charge is 0.393 e. The van der Waals surface area contributed by atoms with E-state index in [0.717, 1.165) is 32.2 Å². The van der Waals surface area contributed by atoms with Crippen molar-refractivity contribution in [2.24, 2.45) is 5.92 Å². The molecule has 0 aromatic heterocycles. The molecular weight excluding hydrogens is 388 g/mol. The standard InChI is InChI=1S/C25H46N4O2/c1-19(2)16-22(27(6)15-11-14-21-12-9-8-10-13-21)17-20(3)29-23(18-30)26-28(7)24(29)25(4,5)31/h8-10,12-13,19-20,22-24,26,30-31H,11,14-18H2,1-7H3. The zero-order valence-electron chi connectivity index (χ0n) is 20.8. The molecule has 1 aromatic carbocycles. The maximum atomic E-state index is 10.8. The zero-order valence-corrected chi connectivity index (χ0v) is 20.8. The van der Waals surface area contributed by atoms with Gasteiger partial charge in [-0.15, -0.1) is 0 Å². The highest BCUT2D eigenvalue weighted by molar-refractivity contribution is 5.14. The molecule has 0 amide bonds. The molecule has 2 rings (SSSR count). The Bertz CT molecular complexity index is 634. The monoisotopic (exact) mass is 434 g/mol. The highest BCUT2D eigenvalue weighted by atomic mass is 16.3. The molecule has 6 nitrogen and oxygen atoms in total. The van der Waals surface area contributed by atoms with Crippen LogP contribution in [0.3, 0.4) is 0 Å². The van der Waals surface area contributed by atoms with Gasteiger partial charge < -0.3 is 15.1 Å². The van der Waals surface area contributed by atoms with Crippen molar-refractivity contribution in [1.29, 1.82) is 0 Å². The van der Waals surface area contributed by atoms with Gasteiger partial charge in [-0.3, -0.25) is 4.90 Å². The lowest BCUT2D eigenvalue weighted by atomic mass is 9.94. The topological polar surface area (TPSA) is 62.2 Å². The van der Waals surface area contributed by atoms with E-state index >= 15 is 0 Å². The lowest BCUT2D eigenvalue weighted by Crippen LogP contribution is -2.57. The van der Waals surface area contributed by atoms with Gasteiger partial charge in [0.15, 0.2) is 0 Å². The van der Waals surface area contributed by atoms with Crippen molar-refractivity contribution in [3.8, 4) is 0 Å². The van der Waals surface area contributed by atoms with E-state index in [-0.39, 0.29) is 25.0 Å². The van der Waals surface area contributed by atoms with Crippen molar-refractivity contribution in [2.45, 2.75) is 90.3 Å². The number of rotatable bonds is 12. The van der Waals surface area contributed by atoms with Crippen LogP contribution in [-0.4, -0.2) is 82.3 Å². The Morgan fingerprint density at radius 2 is 1.77 bits per heavy atom. The summed E-state index contributed by atoms with van der Waals surface area (Å²) in [5.74, 6) is 0.617. The number of aliphatic hydroxyl groups excluding tert-OH is 1. The Morgan fingerprint density at radius 3 is 2.32 bits per heavy atom. The fourth-order valence-electron chi connectivity index (χ4n) is 5.14. The predicted octanol–water partition coefficient (Wildman–Crippen LogP) is 2.91. The van der Waals surface area contributed by atoms with Gasteiger partial charge in [-0.05, 0) is 71.5 Å². The summed E-state index contributed by atoms with van der Waals surface area (Å²) in [6.45, 7) is 11.6. The number of benzene rings is 1. The Hall–Kier alpha value is -1.02. The Labute approximate surface area is 190 Å². The molecule has 4 unspecified atom stereocenters. The first-order valence-electron chi connectivity index (χ1n) is 11.9. The van der Waals surface area contributed by atoms with Crippen LogP contribution in [0.1, 0.15) is 59.4 Å². The number of aryl methyl sites for hydroxylation is 1. The van der Waals surface area contributed by atoms with Crippen LogP contribution in [0.5, 0.6) is 0 Å². The quantitative estimate of drug-likeness (QED) is 0.470. The van der Waals surface area contributed by atoms with Crippen LogP contribution in [0.15, 0.2) is 30.3 Å². The first-order chi connectivity index (χ1) is 14.5. The highest BCUT2D eigenvalue weighted by Crippen LogP contribution is 2.29. The SMILES string of the molecule is CC(C)CC(CC(C)N1C(CO)NN(C)C1C(C)(C)O)N(C)CCCc1ccccc1. The lowest BCUT2D eigenvalue weighted by Gasteiger charge is -2.42. The predicted molar refractivity (Wildman–Crippen MR) is 128 cm³/mol. The van der Waals surface area contributed by atoms with E-state index in [4.69, 9.17) is 0 Å². The number of likely N-dealkylation sites (N-methyl/N-ethyl adjacent to an activating group) is 1. The van der Waals surface area contributed by atoms with Crippen molar-refractivity contribution in [3.05, 3.63) is 35.9 Å². The minimum absolute atomic E-state index is 0.0169. The van der Waals surface area contributed by atoms with Crippen LogP contribution in [0.25, 0.3) is 0 Å². The van der Waals surface area contributed by atoms with Gasteiger partial charge in [0.25, 0.3) is 0 Å². The van der Waals surface area contributed by atoms with Gasteiger partial charge in [-0.25, -0.2) is 10.4 Å². The molecule has 1 aromatic rings. The summed E-state index contributed by atoms with van der Waals surface area (Å²) in [7, 11) is 4.19. The van der Waals surface area contributed by atoms with E-state index in [1.807, 2.05) is 25.9 Å². The summed E-state index contributed by atoms with van der Waals surface area (Å²) in [5, 5.41) is 22.7. The van der Waals surface area contributed by atoms with Crippen molar-refractivity contribution < 1.29 is 10.2 Å². The Kier molecular flexibility index (Phi) is 9.93. The van der Waals surface area contributed by atoms with E-state index in [9.17, 15) is 10.2 Å². The average Bonchev–Trinajstić information content (AvgIpc) is 3.04.